The van der Waals surface area contributed by atoms with E-state index in [9.17, 15) is 4.79 Å². The number of carbonyl (C=O) groups is 1. The summed E-state index contributed by atoms with van der Waals surface area (Å²) in [7, 11) is 0. The molecule has 1 aliphatic rings. The second-order valence-corrected chi connectivity index (χ2v) is 4.31. The van der Waals surface area contributed by atoms with E-state index in [0.717, 1.165) is 12.1 Å². The standard InChI is InChI=1S/C10H10BrNO2/c1-5-4-6-2-3-7(10(13)14)8(11)9(6)12-5/h2-3,5,12H,4H2,1H3,(H,13,14). The topological polar surface area (TPSA) is 49.3 Å². The quantitative estimate of drug-likeness (QED) is 0.811. The number of carboxylic acid groups (broad SMARTS) is 1. The van der Waals surface area contributed by atoms with Crippen molar-refractivity contribution in [2.45, 2.75) is 19.4 Å². The first-order valence-electron chi connectivity index (χ1n) is 4.41. The molecule has 2 rings (SSSR count). The highest BCUT2D eigenvalue weighted by Gasteiger charge is 2.22. The molecule has 14 heavy (non-hydrogen) atoms. The smallest absolute Gasteiger partial charge is 0.336 e. The van der Waals surface area contributed by atoms with Crippen molar-refractivity contribution in [2.24, 2.45) is 0 Å². The van der Waals surface area contributed by atoms with Crippen LogP contribution < -0.4 is 5.32 Å². The molecule has 74 valence electrons. The van der Waals surface area contributed by atoms with Gasteiger partial charge in [-0.3, -0.25) is 0 Å². The molecule has 0 fully saturated rings. The number of halogens is 1. The summed E-state index contributed by atoms with van der Waals surface area (Å²) >= 11 is 3.32. The van der Waals surface area contributed by atoms with Gasteiger partial charge in [0.2, 0.25) is 0 Å². The van der Waals surface area contributed by atoms with E-state index < -0.39 is 5.97 Å². The lowest BCUT2D eigenvalue weighted by Crippen LogP contribution is -2.09. The van der Waals surface area contributed by atoms with Gasteiger partial charge in [0.05, 0.1) is 15.7 Å². The number of nitrogens with one attached hydrogen (secondary N) is 1. The fourth-order valence-electron chi connectivity index (χ4n) is 1.73. The number of anilines is 1. The molecule has 0 spiro atoms. The van der Waals surface area contributed by atoms with Crippen molar-refractivity contribution in [1.29, 1.82) is 0 Å². The van der Waals surface area contributed by atoms with Crippen LogP contribution >= 0.6 is 15.9 Å². The van der Waals surface area contributed by atoms with Crippen molar-refractivity contribution in [3.63, 3.8) is 0 Å². The average Bonchev–Trinajstić information content (AvgIpc) is 2.46. The Morgan fingerprint density at radius 1 is 1.64 bits per heavy atom. The molecule has 1 aromatic rings. The van der Waals surface area contributed by atoms with E-state index in [4.69, 9.17) is 5.11 Å². The van der Waals surface area contributed by atoms with Gasteiger partial charge in [0.15, 0.2) is 0 Å². The summed E-state index contributed by atoms with van der Waals surface area (Å²) in [6, 6.07) is 3.90. The lowest BCUT2D eigenvalue weighted by Gasteiger charge is -2.07. The highest BCUT2D eigenvalue weighted by molar-refractivity contribution is 9.10. The zero-order chi connectivity index (χ0) is 10.3. The highest BCUT2D eigenvalue weighted by atomic mass is 79.9. The molecule has 0 saturated carbocycles. The lowest BCUT2D eigenvalue weighted by molar-refractivity contribution is 0.0696. The van der Waals surface area contributed by atoms with E-state index in [1.807, 2.05) is 6.07 Å². The van der Waals surface area contributed by atoms with E-state index in [-0.39, 0.29) is 0 Å². The van der Waals surface area contributed by atoms with Crippen LogP contribution in [0.2, 0.25) is 0 Å². The number of carboxylic acids is 1. The Morgan fingerprint density at radius 3 is 3.00 bits per heavy atom. The minimum Gasteiger partial charge on any atom is -0.478 e. The molecule has 0 radical (unpaired) electrons. The van der Waals surface area contributed by atoms with Crippen molar-refractivity contribution >= 4 is 27.6 Å². The van der Waals surface area contributed by atoms with Gasteiger partial charge in [-0.2, -0.15) is 0 Å². The van der Waals surface area contributed by atoms with Crippen molar-refractivity contribution in [3.05, 3.63) is 27.7 Å². The first-order chi connectivity index (χ1) is 6.59. The number of hydrogen-bond donors (Lipinski definition) is 2. The second-order valence-electron chi connectivity index (χ2n) is 3.52. The maximum atomic E-state index is 10.8. The van der Waals surface area contributed by atoms with E-state index in [0.29, 0.717) is 16.1 Å². The van der Waals surface area contributed by atoms with Crippen LogP contribution in [0, 0.1) is 0 Å². The number of aromatic carboxylic acids is 1. The number of rotatable bonds is 1. The van der Waals surface area contributed by atoms with Crippen molar-refractivity contribution in [1.82, 2.24) is 0 Å². The number of hydrogen-bond acceptors (Lipinski definition) is 2. The number of fused-ring (bicyclic) bond motifs is 1. The molecule has 0 saturated heterocycles. The summed E-state index contributed by atoms with van der Waals surface area (Å²) in [6.45, 7) is 2.08. The van der Waals surface area contributed by atoms with E-state index in [1.165, 1.54) is 5.56 Å². The van der Waals surface area contributed by atoms with Gasteiger partial charge in [0, 0.05) is 6.04 Å². The molecule has 0 aliphatic carbocycles. The second kappa shape index (κ2) is 3.28. The molecule has 1 aliphatic heterocycles. The van der Waals surface area contributed by atoms with Gasteiger partial charge in [0.1, 0.15) is 0 Å². The van der Waals surface area contributed by atoms with Gasteiger partial charge in [-0.25, -0.2) is 4.79 Å². The molecular weight excluding hydrogens is 246 g/mol. The maximum absolute atomic E-state index is 10.8. The molecule has 0 amide bonds. The lowest BCUT2D eigenvalue weighted by atomic mass is 10.1. The Kier molecular flexibility index (Phi) is 2.23. The van der Waals surface area contributed by atoms with Gasteiger partial charge in [-0.1, -0.05) is 6.07 Å². The van der Waals surface area contributed by atoms with Crippen molar-refractivity contribution < 1.29 is 9.90 Å². The zero-order valence-electron chi connectivity index (χ0n) is 7.67. The first kappa shape index (κ1) is 9.52. The summed E-state index contributed by atoms with van der Waals surface area (Å²) in [6.07, 6.45) is 0.952. The molecule has 0 bridgehead atoms. The van der Waals surface area contributed by atoms with E-state index >= 15 is 0 Å². The third-order valence-corrected chi connectivity index (χ3v) is 3.20. The summed E-state index contributed by atoms with van der Waals surface area (Å²) in [5.41, 5.74) is 2.41. The average molecular weight is 256 g/mol. The highest BCUT2D eigenvalue weighted by Crippen LogP contribution is 2.35. The molecule has 1 aromatic carbocycles. The van der Waals surface area contributed by atoms with Gasteiger partial charge in [0.25, 0.3) is 0 Å². The monoisotopic (exact) mass is 255 g/mol. The summed E-state index contributed by atoms with van der Waals surface area (Å²) < 4.78 is 0.659. The van der Waals surface area contributed by atoms with Crippen molar-refractivity contribution in [2.75, 3.05) is 5.32 Å². The SMILES string of the molecule is CC1Cc2ccc(C(=O)O)c(Br)c2N1. The predicted octanol–water partition coefficient (Wildman–Crippen LogP) is 2.50. The molecule has 1 unspecified atom stereocenters. The van der Waals surface area contributed by atoms with Crippen LogP contribution in [0.4, 0.5) is 5.69 Å². The third-order valence-electron chi connectivity index (χ3n) is 2.38. The van der Waals surface area contributed by atoms with Crippen LogP contribution in [0.5, 0.6) is 0 Å². The number of benzene rings is 1. The van der Waals surface area contributed by atoms with Crippen LogP contribution in [0.15, 0.2) is 16.6 Å². The summed E-state index contributed by atoms with van der Waals surface area (Å²) in [4.78, 5) is 10.8. The fourth-order valence-corrected chi connectivity index (χ4v) is 2.41. The van der Waals surface area contributed by atoms with Gasteiger partial charge < -0.3 is 10.4 Å². The molecule has 1 atom stereocenters. The molecular formula is C10H10BrNO2. The normalized spacial score (nSPS) is 18.9. The Labute approximate surface area is 90.3 Å². The van der Waals surface area contributed by atoms with Gasteiger partial charge in [-0.05, 0) is 40.9 Å². The van der Waals surface area contributed by atoms with Crippen LogP contribution in [0.25, 0.3) is 0 Å². The zero-order valence-corrected chi connectivity index (χ0v) is 9.26. The van der Waals surface area contributed by atoms with Crippen LogP contribution in [0.1, 0.15) is 22.8 Å². The molecule has 4 heteroatoms. The largest absolute Gasteiger partial charge is 0.478 e. The molecule has 0 aromatic heterocycles. The van der Waals surface area contributed by atoms with Crippen molar-refractivity contribution in [3.8, 4) is 0 Å². The van der Waals surface area contributed by atoms with Gasteiger partial charge in [-0.15, -0.1) is 0 Å². The Bertz CT molecular complexity index is 403. The summed E-state index contributed by atoms with van der Waals surface area (Å²) in [5, 5.41) is 12.2. The molecule has 3 nitrogen and oxygen atoms in total. The fraction of sp³-hybridized carbons (Fsp3) is 0.300. The van der Waals surface area contributed by atoms with E-state index in [2.05, 4.69) is 28.2 Å². The Balaban J connectivity index is 2.53. The molecule has 1 heterocycles. The minimum atomic E-state index is -0.902. The predicted molar refractivity (Wildman–Crippen MR) is 57.9 cm³/mol. The van der Waals surface area contributed by atoms with Gasteiger partial charge >= 0.3 is 5.97 Å². The maximum Gasteiger partial charge on any atom is 0.336 e. The van der Waals surface area contributed by atoms with Crippen LogP contribution in [0.3, 0.4) is 0 Å². The first-order valence-corrected chi connectivity index (χ1v) is 5.20. The Morgan fingerprint density at radius 2 is 2.36 bits per heavy atom. The van der Waals surface area contributed by atoms with E-state index in [1.54, 1.807) is 6.07 Å². The summed E-state index contributed by atoms with van der Waals surface area (Å²) in [5.74, 6) is -0.902. The van der Waals surface area contributed by atoms with Crippen LogP contribution in [-0.4, -0.2) is 17.1 Å². The minimum absolute atomic E-state index is 0.311. The molecule has 2 N–H and O–H groups in total. The third kappa shape index (κ3) is 1.39. The Hall–Kier alpha value is -1.03. The van der Waals surface area contributed by atoms with Crippen LogP contribution in [-0.2, 0) is 6.42 Å².